The van der Waals surface area contributed by atoms with Gasteiger partial charge in [-0.25, -0.2) is 0 Å². The standard InChI is InChI=1S/C21H26ClN3O/c1-15-6-7-17(22)14-20(15)24-21(26)16(2)23-18-8-10-19(11-9-18)25-12-4-3-5-13-25/h6-11,14,16,23H,3-5,12-13H2,1-2H3,(H,24,26). The topological polar surface area (TPSA) is 44.4 Å². The zero-order valence-electron chi connectivity index (χ0n) is 15.4. The van der Waals surface area contributed by atoms with Gasteiger partial charge in [0.25, 0.3) is 0 Å². The summed E-state index contributed by atoms with van der Waals surface area (Å²) in [5.74, 6) is -0.0875. The van der Waals surface area contributed by atoms with Crippen molar-refractivity contribution in [3.05, 3.63) is 53.1 Å². The number of aryl methyl sites for hydroxylation is 1. The SMILES string of the molecule is Cc1ccc(Cl)cc1NC(=O)C(C)Nc1ccc(N2CCCCC2)cc1. The van der Waals surface area contributed by atoms with E-state index in [0.29, 0.717) is 5.02 Å². The van der Waals surface area contributed by atoms with E-state index in [1.165, 1.54) is 24.9 Å². The predicted octanol–water partition coefficient (Wildman–Crippen LogP) is 5.08. The van der Waals surface area contributed by atoms with Gasteiger partial charge < -0.3 is 15.5 Å². The second-order valence-electron chi connectivity index (χ2n) is 6.91. The first-order valence-electron chi connectivity index (χ1n) is 9.21. The van der Waals surface area contributed by atoms with Crippen molar-refractivity contribution in [1.82, 2.24) is 0 Å². The van der Waals surface area contributed by atoms with Crippen LogP contribution in [0.1, 0.15) is 31.7 Å². The van der Waals surface area contributed by atoms with E-state index in [9.17, 15) is 4.79 Å². The van der Waals surface area contributed by atoms with Crippen LogP contribution in [0.2, 0.25) is 5.02 Å². The van der Waals surface area contributed by atoms with Crippen molar-refractivity contribution in [2.45, 2.75) is 39.2 Å². The van der Waals surface area contributed by atoms with Crippen LogP contribution in [0.5, 0.6) is 0 Å². The number of piperidine rings is 1. The van der Waals surface area contributed by atoms with Crippen molar-refractivity contribution in [3.8, 4) is 0 Å². The molecule has 1 aliphatic heterocycles. The van der Waals surface area contributed by atoms with E-state index in [0.717, 1.165) is 30.0 Å². The predicted molar refractivity (Wildman–Crippen MR) is 110 cm³/mol. The lowest BCUT2D eigenvalue weighted by atomic mass is 10.1. The van der Waals surface area contributed by atoms with E-state index in [1.807, 2.05) is 38.1 Å². The van der Waals surface area contributed by atoms with Gasteiger partial charge in [0.15, 0.2) is 0 Å². The number of benzene rings is 2. The van der Waals surface area contributed by atoms with Gasteiger partial charge >= 0.3 is 0 Å². The minimum Gasteiger partial charge on any atom is -0.374 e. The van der Waals surface area contributed by atoms with E-state index in [4.69, 9.17) is 11.6 Å². The van der Waals surface area contributed by atoms with E-state index in [-0.39, 0.29) is 11.9 Å². The Morgan fingerprint density at radius 3 is 2.46 bits per heavy atom. The van der Waals surface area contributed by atoms with Crippen molar-refractivity contribution < 1.29 is 4.79 Å². The summed E-state index contributed by atoms with van der Waals surface area (Å²) in [6, 6.07) is 13.5. The van der Waals surface area contributed by atoms with Crippen LogP contribution >= 0.6 is 11.6 Å². The zero-order chi connectivity index (χ0) is 18.5. The van der Waals surface area contributed by atoms with Gasteiger partial charge in [-0.1, -0.05) is 17.7 Å². The lowest BCUT2D eigenvalue weighted by Gasteiger charge is -2.29. The monoisotopic (exact) mass is 371 g/mol. The molecule has 1 atom stereocenters. The fourth-order valence-corrected chi connectivity index (χ4v) is 3.38. The molecule has 4 nitrogen and oxygen atoms in total. The highest BCUT2D eigenvalue weighted by atomic mass is 35.5. The number of hydrogen-bond donors (Lipinski definition) is 2. The Bertz CT molecular complexity index is 754. The van der Waals surface area contributed by atoms with Gasteiger partial charge in [-0.15, -0.1) is 0 Å². The van der Waals surface area contributed by atoms with Gasteiger partial charge in [0.1, 0.15) is 6.04 Å². The molecule has 1 aliphatic rings. The Morgan fingerprint density at radius 1 is 1.08 bits per heavy atom. The fourth-order valence-electron chi connectivity index (χ4n) is 3.21. The van der Waals surface area contributed by atoms with Crippen LogP contribution in [-0.4, -0.2) is 25.0 Å². The molecule has 0 saturated carbocycles. The molecule has 0 radical (unpaired) electrons. The molecule has 26 heavy (non-hydrogen) atoms. The summed E-state index contributed by atoms with van der Waals surface area (Å²) in [6.07, 6.45) is 3.86. The van der Waals surface area contributed by atoms with E-state index in [2.05, 4.69) is 27.7 Å². The van der Waals surface area contributed by atoms with Gasteiger partial charge in [0.2, 0.25) is 5.91 Å². The minimum absolute atomic E-state index is 0.0875. The number of carbonyl (C=O) groups excluding carboxylic acids is 1. The largest absolute Gasteiger partial charge is 0.374 e. The number of anilines is 3. The highest BCUT2D eigenvalue weighted by Gasteiger charge is 2.15. The molecule has 2 N–H and O–H groups in total. The molecule has 1 unspecified atom stereocenters. The third kappa shape index (κ3) is 4.70. The van der Waals surface area contributed by atoms with E-state index >= 15 is 0 Å². The molecule has 0 aliphatic carbocycles. The van der Waals surface area contributed by atoms with Crippen LogP contribution < -0.4 is 15.5 Å². The second kappa shape index (κ2) is 8.45. The van der Waals surface area contributed by atoms with Gasteiger partial charge in [0.05, 0.1) is 0 Å². The van der Waals surface area contributed by atoms with Crippen LogP contribution in [0, 0.1) is 6.92 Å². The van der Waals surface area contributed by atoms with Gasteiger partial charge in [-0.05, 0) is 75.1 Å². The third-order valence-electron chi connectivity index (χ3n) is 4.82. The maximum Gasteiger partial charge on any atom is 0.246 e. The molecular weight excluding hydrogens is 346 g/mol. The summed E-state index contributed by atoms with van der Waals surface area (Å²) in [5.41, 5.74) is 3.93. The molecule has 1 amide bonds. The quantitative estimate of drug-likeness (QED) is 0.770. The first-order valence-corrected chi connectivity index (χ1v) is 9.59. The van der Waals surface area contributed by atoms with Gasteiger partial charge in [-0.3, -0.25) is 4.79 Å². The summed E-state index contributed by atoms with van der Waals surface area (Å²) in [7, 11) is 0. The molecule has 1 saturated heterocycles. The fraction of sp³-hybridized carbons (Fsp3) is 0.381. The average molecular weight is 372 g/mol. The Hall–Kier alpha value is -2.20. The zero-order valence-corrected chi connectivity index (χ0v) is 16.1. The highest BCUT2D eigenvalue weighted by molar-refractivity contribution is 6.31. The molecule has 0 aromatic heterocycles. The van der Waals surface area contributed by atoms with Gasteiger partial charge in [-0.2, -0.15) is 0 Å². The highest BCUT2D eigenvalue weighted by Crippen LogP contribution is 2.23. The van der Waals surface area contributed by atoms with E-state index in [1.54, 1.807) is 6.07 Å². The molecule has 3 rings (SSSR count). The first-order chi connectivity index (χ1) is 12.5. The molecule has 1 fully saturated rings. The number of rotatable bonds is 5. The van der Waals surface area contributed by atoms with Crippen LogP contribution in [0.4, 0.5) is 17.1 Å². The lowest BCUT2D eigenvalue weighted by Crippen LogP contribution is -2.32. The van der Waals surface area contributed by atoms with Crippen molar-refractivity contribution in [1.29, 1.82) is 0 Å². The third-order valence-corrected chi connectivity index (χ3v) is 5.06. The smallest absolute Gasteiger partial charge is 0.246 e. The number of amides is 1. The van der Waals surface area contributed by atoms with Crippen LogP contribution in [0.3, 0.4) is 0 Å². The maximum absolute atomic E-state index is 12.5. The second-order valence-corrected chi connectivity index (χ2v) is 7.35. The molecule has 1 heterocycles. The Labute approximate surface area is 160 Å². The first kappa shape index (κ1) is 18.6. The minimum atomic E-state index is -0.353. The van der Waals surface area contributed by atoms with E-state index < -0.39 is 0 Å². The van der Waals surface area contributed by atoms with Crippen LogP contribution in [0.25, 0.3) is 0 Å². The number of nitrogens with zero attached hydrogens (tertiary/aromatic N) is 1. The van der Waals surface area contributed by atoms with Crippen molar-refractivity contribution in [2.24, 2.45) is 0 Å². The normalized spacial score (nSPS) is 15.4. The Kier molecular flexibility index (Phi) is 6.04. The summed E-state index contributed by atoms with van der Waals surface area (Å²) >= 11 is 6.02. The molecule has 2 aromatic rings. The number of halogens is 1. The van der Waals surface area contributed by atoms with Crippen molar-refractivity contribution in [2.75, 3.05) is 28.6 Å². The number of carbonyl (C=O) groups is 1. The Balaban J connectivity index is 1.59. The number of hydrogen-bond acceptors (Lipinski definition) is 3. The van der Waals surface area contributed by atoms with Gasteiger partial charge in [0, 0.05) is 35.2 Å². The molecule has 0 spiro atoms. The summed E-state index contributed by atoms with van der Waals surface area (Å²) in [6.45, 7) is 6.06. The molecule has 0 bridgehead atoms. The lowest BCUT2D eigenvalue weighted by molar-refractivity contribution is -0.116. The van der Waals surface area contributed by atoms with Crippen LogP contribution in [-0.2, 0) is 4.79 Å². The molecule has 138 valence electrons. The summed E-state index contributed by atoms with van der Waals surface area (Å²) < 4.78 is 0. The van der Waals surface area contributed by atoms with Crippen molar-refractivity contribution >= 4 is 34.6 Å². The molecule has 5 heteroatoms. The molecule has 2 aromatic carbocycles. The summed E-state index contributed by atoms with van der Waals surface area (Å²) in [4.78, 5) is 14.9. The average Bonchev–Trinajstić information content (AvgIpc) is 2.66. The van der Waals surface area contributed by atoms with Crippen LogP contribution in [0.15, 0.2) is 42.5 Å². The maximum atomic E-state index is 12.5. The Morgan fingerprint density at radius 2 is 1.77 bits per heavy atom. The summed E-state index contributed by atoms with van der Waals surface area (Å²) in [5, 5.41) is 6.81. The number of nitrogens with one attached hydrogen (secondary N) is 2. The molecular formula is C21H26ClN3O. The van der Waals surface area contributed by atoms with Crippen molar-refractivity contribution in [3.63, 3.8) is 0 Å².